The first-order chi connectivity index (χ1) is 17.8. The predicted molar refractivity (Wildman–Crippen MR) is 150 cm³/mol. The molecule has 0 aliphatic carbocycles. The molecule has 0 unspecified atom stereocenters. The molecule has 0 spiro atoms. The van der Waals surface area contributed by atoms with Crippen LogP contribution in [0.15, 0.2) is 0 Å². The fourth-order valence-corrected chi connectivity index (χ4v) is 5.31. The highest BCUT2D eigenvalue weighted by molar-refractivity contribution is 5.67. The lowest BCUT2D eigenvalue weighted by molar-refractivity contribution is -0.929. The quantitative estimate of drug-likeness (QED) is 0.0678. The molecule has 0 aliphatic rings. The van der Waals surface area contributed by atoms with E-state index in [2.05, 4.69) is 6.92 Å². The van der Waals surface area contributed by atoms with Crippen molar-refractivity contribution in [2.45, 2.75) is 148 Å². The summed E-state index contributed by atoms with van der Waals surface area (Å²) in [6.07, 6.45) is 22.0. The Morgan fingerprint density at radius 1 is 0.405 bits per heavy atom. The Hall–Kier alpha value is -1.63. The van der Waals surface area contributed by atoms with Gasteiger partial charge in [0.05, 0.1) is 26.2 Å². The van der Waals surface area contributed by atoms with Gasteiger partial charge in [-0.25, -0.2) is 0 Å². The third kappa shape index (κ3) is 24.5. The van der Waals surface area contributed by atoms with Crippen LogP contribution in [0, 0.1) is 0 Å². The van der Waals surface area contributed by atoms with Crippen LogP contribution in [0.2, 0.25) is 0 Å². The third-order valence-electron chi connectivity index (χ3n) is 7.56. The minimum Gasteiger partial charge on any atom is -0.481 e. The fourth-order valence-electron chi connectivity index (χ4n) is 5.31. The molecule has 0 heterocycles. The number of carboxylic acid groups (broad SMARTS) is 3. The summed E-state index contributed by atoms with van der Waals surface area (Å²) < 4.78 is 0.872. The molecule has 0 aliphatic heterocycles. The lowest BCUT2D eigenvalue weighted by Crippen LogP contribution is -2.51. The van der Waals surface area contributed by atoms with Gasteiger partial charge in [0.2, 0.25) is 0 Å². The molecule has 0 aromatic rings. The fraction of sp³-hybridized carbons (Fsp3) is 0.900. The molecule has 0 bridgehead atoms. The lowest BCUT2D eigenvalue weighted by Gasteiger charge is -2.39. The van der Waals surface area contributed by atoms with Crippen LogP contribution < -0.4 is 0 Å². The number of rotatable bonds is 29. The van der Waals surface area contributed by atoms with Gasteiger partial charge >= 0.3 is 17.9 Å². The van der Waals surface area contributed by atoms with E-state index in [0.717, 1.165) is 56.3 Å². The van der Waals surface area contributed by atoms with Gasteiger partial charge in [-0.1, -0.05) is 77.6 Å². The Morgan fingerprint density at radius 2 is 0.649 bits per heavy atom. The van der Waals surface area contributed by atoms with Crippen molar-refractivity contribution in [3.8, 4) is 0 Å². The van der Waals surface area contributed by atoms with Gasteiger partial charge < -0.3 is 19.8 Å². The summed E-state index contributed by atoms with van der Waals surface area (Å²) in [4.78, 5) is 32.9. The maximum absolute atomic E-state index is 11.0. The summed E-state index contributed by atoms with van der Waals surface area (Å²) in [5.74, 6) is -2.30. The first kappa shape index (κ1) is 35.4. The van der Waals surface area contributed by atoms with Crippen LogP contribution in [-0.2, 0) is 14.4 Å². The van der Waals surface area contributed by atoms with E-state index in [-0.39, 0.29) is 19.3 Å². The molecule has 37 heavy (non-hydrogen) atoms. The van der Waals surface area contributed by atoms with Crippen molar-refractivity contribution >= 4 is 17.9 Å². The Labute approximate surface area is 226 Å². The molecule has 0 fully saturated rings. The summed E-state index contributed by atoms with van der Waals surface area (Å²) in [7, 11) is 0. The molecule has 218 valence electrons. The molecule has 7 nitrogen and oxygen atoms in total. The first-order valence-corrected chi connectivity index (χ1v) is 15.3. The van der Waals surface area contributed by atoms with Crippen molar-refractivity contribution < 1.29 is 34.2 Å². The van der Waals surface area contributed by atoms with Crippen LogP contribution in [0.5, 0.6) is 0 Å². The highest BCUT2D eigenvalue weighted by atomic mass is 16.4. The van der Waals surface area contributed by atoms with Crippen LogP contribution in [-0.4, -0.2) is 63.9 Å². The number of hydrogen-bond acceptors (Lipinski definition) is 3. The zero-order valence-corrected chi connectivity index (χ0v) is 23.9. The van der Waals surface area contributed by atoms with E-state index in [9.17, 15) is 14.4 Å². The maximum Gasteiger partial charge on any atom is 0.303 e. The van der Waals surface area contributed by atoms with Gasteiger partial charge in [-0.05, 0) is 51.4 Å². The van der Waals surface area contributed by atoms with Crippen molar-refractivity contribution in [1.82, 2.24) is 0 Å². The Balaban J connectivity index is 4.55. The SMILES string of the molecule is CCCCCCCCCCCCCCC[N+](CCCCC(=O)O)(CCCCC(=O)O)CCCCC(=O)O. The van der Waals surface area contributed by atoms with Gasteiger partial charge in [-0.2, -0.15) is 0 Å². The minimum absolute atomic E-state index is 0.177. The van der Waals surface area contributed by atoms with Crippen molar-refractivity contribution in [3.05, 3.63) is 0 Å². The molecule has 3 N–H and O–H groups in total. The van der Waals surface area contributed by atoms with Gasteiger partial charge in [-0.15, -0.1) is 0 Å². The molecular weight excluding hydrogens is 470 g/mol. The van der Waals surface area contributed by atoms with Gasteiger partial charge in [0.25, 0.3) is 0 Å². The van der Waals surface area contributed by atoms with E-state index < -0.39 is 17.9 Å². The summed E-state index contributed by atoms with van der Waals surface area (Å²) in [6.45, 7) is 5.96. The van der Waals surface area contributed by atoms with E-state index in [1.165, 1.54) is 77.0 Å². The lowest BCUT2D eigenvalue weighted by atomic mass is 10.0. The summed E-state index contributed by atoms with van der Waals surface area (Å²) in [5.41, 5.74) is 0. The second-order valence-electron chi connectivity index (χ2n) is 11.0. The van der Waals surface area contributed by atoms with Gasteiger partial charge in [0, 0.05) is 19.3 Å². The van der Waals surface area contributed by atoms with Crippen LogP contribution >= 0.6 is 0 Å². The molecule has 0 atom stereocenters. The zero-order valence-electron chi connectivity index (χ0n) is 23.9. The van der Waals surface area contributed by atoms with Crippen molar-refractivity contribution in [1.29, 1.82) is 0 Å². The molecule has 0 saturated carbocycles. The Kier molecular flexibility index (Phi) is 23.6. The second kappa shape index (κ2) is 24.7. The smallest absolute Gasteiger partial charge is 0.303 e. The highest BCUT2D eigenvalue weighted by Crippen LogP contribution is 2.20. The number of hydrogen-bond donors (Lipinski definition) is 3. The Bertz CT molecular complexity index is 525. The summed E-state index contributed by atoms with van der Waals surface area (Å²) in [6, 6.07) is 0. The third-order valence-corrected chi connectivity index (χ3v) is 7.56. The first-order valence-electron chi connectivity index (χ1n) is 15.3. The number of nitrogens with zero attached hydrogens (tertiary/aromatic N) is 1. The predicted octanol–water partition coefficient (Wildman–Crippen LogP) is 7.66. The molecule has 0 aromatic carbocycles. The standard InChI is InChI=1S/C30H57NO6/c1-2-3-4-5-6-7-8-9-10-11-12-13-17-24-31(25-18-14-21-28(32)33,26-19-15-22-29(34)35)27-20-16-23-30(36)37/h2-27H2,1H3,(H2-,32,33,34,35,36,37)/p+1. The number of carboxylic acids is 3. The van der Waals surface area contributed by atoms with Crippen LogP contribution in [0.1, 0.15) is 148 Å². The van der Waals surface area contributed by atoms with Crippen molar-refractivity contribution in [2.24, 2.45) is 0 Å². The van der Waals surface area contributed by atoms with Gasteiger partial charge in [0.15, 0.2) is 0 Å². The maximum atomic E-state index is 11.0. The average molecular weight is 529 g/mol. The van der Waals surface area contributed by atoms with Gasteiger partial charge in [0.1, 0.15) is 0 Å². The topological polar surface area (TPSA) is 112 Å². The highest BCUT2D eigenvalue weighted by Gasteiger charge is 2.26. The second-order valence-corrected chi connectivity index (χ2v) is 11.0. The van der Waals surface area contributed by atoms with E-state index >= 15 is 0 Å². The van der Waals surface area contributed by atoms with Crippen molar-refractivity contribution in [3.63, 3.8) is 0 Å². The molecular formula is C30H58NO6+. The van der Waals surface area contributed by atoms with Crippen molar-refractivity contribution in [2.75, 3.05) is 26.2 Å². The van der Waals surface area contributed by atoms with E-state index in [0.29, 0.717) is 19.3 Å². The molecule has 0 rings (SSSR count). The normalized spacial score (nSPS) is 11.6. The number of quaternary nitrogens is 1. The summed E-state index contributed by atoms with van der Waals surface area (Å²) in [5, 5.41) is 27.0. The number of aliphatic carboxylic acids is 3. The van der Waals surface area contributed by atoms with Crippen LogP contribution in [0.4, 0.5) is 0 Å². The van der Waals surface area contributed by atoms with E-state index in [4.69, 9.17) is 15.3 Å². The molecule has 0 saturated heterocycles. The van der Waals surface area contributed by atoms with Crippen LogP contribution in [0.3, 0.4) is 0 Å². The monoisotopic (exact) mass is 528 g/mol. The number of carbonyl (C=O) groups is 3. The Morgan fingerprint density at radius 3 is 0.919 bits per heavy atom. The van der Waals surface area contributed by atoms with Crippen LogP contribution in [0.25, 0.3) is 0 Å². The summed E-state index contributed by atoms with van der Waals surface area (Å²) >= 11 is 0. The molecule has 0 aromatic heterocycles. The van der Waals surface area contributed by atoms with Gasteiger partial charge in [-0.3, -0.25) is 14.4 Å². The van der Waals surface area contributed by atoms with E-state index in [1.54, 1.807) is 0 Å². The zero-order chi connectivity index (χ0) is 27.6. The minimum atomic E-state index is -0.766. The molecule has 0 radical (unpaired) electrons. The largest absolute Gasteiger partial charge is 0.481 e. The molecule has 7 heteroatoms. The average Bonchev–Trinajstić information content (AvgIpc) is 2.84. The molecule has 0 amide bonds. The number of unbranched alkanes of at least 4 members (excludes halogenated alkanes) is 15. The van der Waals surface area contributed by atoms with E-state index in [1.807, 2.05) is 0 Å².